The average Bonchev–Trinajstić information content (AvgIpc) is 2.33. The number of methoxy groups -OCH3 is 1. The fourth-order valence-electron chi connectivity index (χ4n) is 1.09. The molecule has 0 amide bonds. The van der Waals surface area contributed by atoms with E-state index in [0.717, 1.165) is 18.6 Å². The highest BCUT2D eigenvalue weighted by Crippen LogP contribution is 2.29. The smallest absolute Gasteiger partial charge is 0.162 e. The third-order valence-corrected chi connectivity index (χ3v) is 2.12. The normalized spacial score (nSPS) is 9.06. The molecule has 0 unspecified atom stereocenters. The molecule has 0 radical (unpaired) electrons. The Labute approximate surface area is 104 Å². The second-order valence-electron chi connectivity index (χ2n) is 3.00. The lowest BCUT2D eigenvalue weighted by atomic mass is 10.3. The summed E-state index contributed by atoms with van der Waals surface area (Å²) in [6.45, 7) is 6.84. The Morgan fingerprint density at radius 2 is 1.88 bits per heavy atom. The van der Waals surface area contributed by atoms with E-state index >= 15 is 0 Å². The Morgan fingerprint density at radius 3 is 2.44 bits per heavy atom. The number of rotatable bonds is 5. The number of benzene rings is 1. The highest BCUT2D eigenvalue weighted by molar-refractivity contribution is 6.30. The second kappa shape index (κ2) is 9.34. The zero-order valence-electron chi connectivity index (χ0n) is 10.5. The van der Waals surface area contributed by atoms with Gasteiger partial charge < -0.3 is 9.47 Å². The quantitative estimate of drug-likeness (QED) is 0.708. The molecular formula is C13H21ClO2. The standard InChI is InChI=1S/C11H15ClO2.C2H6/c1-3-4-7-14-10-6-5-9(12)8-11(10)13-2;1-2/h5-6,8H,3-4,7H2,1-2H3;1-2H3. The third kappa shape index (κ3) is 5.26. The van der Waals surface area contributed by atoms with Crippen molar-refractivity contribution in [2.75, 3.05) is 13.7 Å². The summed E-state index contributed by atoms with van der Waals surface area (Å²) in [4.78, 5) is 0. The highest BCUT2D eigenvalue weighted by Gasteiger charge is 2.03. The van der Waals surface area contributed by atoms with Gasteiger partial charge in [0.25, 0.3) is 0 Å². The summed E-state index contributed by atoms with van der Waals surface area (Å²) in [6, 6.07) is 5.38. The van der Waals surface area contributed by atoms with Crippen LogP contribution in [0.1, 0.15) is 33.6 Å². The minimum absolute atomic E-state index is 0.657. The molecule has 1 aromatic rings. The number of unbranched alkanes of at least 4 members (excludes halogenated alkanes) is 1. The molecule has 0 saturated heterocycles. The molecule has 0 heterocycles. The summed E-state index contributed by atoms with van der Waals surface area (Å²) >= 11 is 5.82. The first-order valence-electron chi connectivity index (χ1n) is 5.74. The monoisotopic (exact) mass is 244 g/mol. The van der Waals surface area contributed by atoms with Crippen LogP contribution in [-0.4, -0.2) is 13.7 Å². The molecule has 0 aromatic heterocycles. The molecular weight excluding hydrogens is 224 g/mol. The molecule has 0 spiro atoms. The molecule has 0 aliphatic carbocycles. The second-order valence-corrected chi connectivity index (χ2v) is 3.43. The molecule has 0 aliphatic rings. The van der Waals surface area contributed by atoms with Crippen molar-refractivity contribution in [3.8, 4) is 11.5 Å². The first-order chi connectivity index (χ1) is 7.77. The first-order valence-corrected chi connectivity index (χ1v) is 6.12. The lowest BCUT2D eigenvalue weighted by molar-refractivity contribution is 0.288. The van der Waals surface area contributed by atoms with Gasteiger partial charge >= 0.3 is 0 Å². The Kier molecular flexibility index (Phi) is 8.82. The lowest BCUT2D eigenvalue weighted by Crippen LogP contribution is -1.98. The van der Waals surface area contributed by atoms with Crippen molar-refractivity contribution in [1.29, 1.82) is 0 Å². The van der Waals surface area contributed by atoms with E-state index in [2.05, 4.69) is 6.92 Å². The molecule has 92 valence electrons. The van der Waals surface area contributed by atoms with Crippen LogP contribution >= 0.6 is 11.6 Å². The van der Waals surface area contributed by atoms with E-state index in [9.17, 15) is 0 Å². The van der Waals surface area contributed by atoms with Gasteiger partial charge in [-0.3, -0.25) is 0 Å². The van der Waals surface area contributed by atoms with Gasteiger partial charge in [-0.2, -0.15) is 0 Å². The maximum Gasteiger partial charge on any atom is 0.162 e. The van der Waals surface area contributed by atoms with Crippen molar-refractivity contribution < 1.29 is 9.47 Å². The van der Waals surface area contributed by atoms with E-state index < -0.39 is 0 Å². The SMILES string of the molecule is CC.CCCCOc1ccc(Cl)cc1OC. The number of halogens is 1. The summed E-state index contributed by atoms with van der Waals surface area (Å²) in [5.74, 6) is 1.44. The molecule has 2 nitrogen and oxygen atoms in total. The predicted octanol–water partition coefficient (Wildman–Crippen LogP) is 4.55. The van der Waals surface area contributed by atoms with Crippen LogP contribution in [0, 0.1) is 0 Å². The van der Waals surface area contributed by atoms with Crippen LogP contribution < -0.4 is 9.47 Å². The van der Waals surface area contributed by atoms with E-state index in [1.165, 1.54) is 0 Å². The maximum absolute atomic E-state index is 5.82. The van der Waals surface area contributed by atoms with Crippen LogP contribution in [0.15, 0.2) is 18.2 Å². The van der Waals surface area contributed by atoms with Gasteiger partial charge in [0.1, 0.15) is 0 Å². The summed E-state index contributed by atoms with van der Waals surface area (Å²) < 4.78 is 10.7. The van der Waals surface area contributed by atoms with E-state index in [1.54, 1.807) is 19.2 Å². The highest BCUT2D eigenvalue weighted by atomic mass is 35.5. The Hall–Kier alpha value is -0.890. The molecule has 0 saturated carbocycles. The zero-order valence-corrected chi connectivity index (χ0v) is 11.3. The van der Waals surface area contributed by atoms with Crippen molar-refractivity contribution >= 4 is 11.6 Å². The molecule has 0 aliphatic heterocycles. The Balaban J connectivity index is 0.00000106. The van der Waals surface area contributed by atoms with E-state index in [1.807, 2.05) is 19.9 Å². The molecule has 3 heteroatoms. The van der Waals surface area contributed by atoms with Crippen molar-refractivity contribution in [3.05, 3.63) is 23.2 Å². The van der Waals surface area contributed by atoms with Crippen LogP contribution in [0.3, 0.4) is 0 Å². The molecule has 1 aromatic carbocycles. The summed E-state index contributed by atoms with van der Waals surface area (Å²) in [7, 11) is 1.61. The van der Waals surface area contributed by atoms with Crippen molar-refractivity contribution in [1.82, 2.24) is 0 Å². The van der Waals surface area contributed by atoms with Gasteiger partial charge in [0.05, 0.1) is 13.7 Å². The Morgan fingerprint density at radius 1 is 1.19 bits per heavy atom. The minimum Gasteiger partial charge on any atom is -0.493 e. The van der Waals surface area contributed by atoms with Gasteiger partial charge in [0, 0.05) is 11.1 Å². The molecule has 0 bridgehead atoms. The fraction of sp³-hybridized carbons (Fsp3) is 0.538. The molecule has 0 fully saturated rings. The summed E-state index contributed by atoms with van der Waals surface area (Å²) in [5, 5.41) is 0.657. The third-order valence-electron chi connectivity index (χ3n) is 1.88. The Bertz CT molecular complexity index is 287. The van der Waals surface area contributed by atoms with Crippen LogP contribution in [0.4, 0.5) is 0 Å². The van der Waals surface area contributed by atoms with Crippen LogP contribution in [0.2, 0.25) is 5.02 Å². The summed E-state index contributed by atoms with van der Waals surface area (Å²) in [5.41, 5.74) is 0. The van der Waals surface area contributed by atoms with Crippen molar-refractivity contribution in [3.63, 3.8) is 0 Å². The number of ether oxygens (including phenoxy) is 2. The van der Waals surface area contributed by atoms with Gasteiger partial charge in [-0.1, -0.05) is 38.8 Å². The van der Waals surface area contributed by atoms with Gasteiger partial charge in [0.2, 0.25) is 0 Å². The average molecular weight is 245 g/mol. The fourth-order valence-corrected chi connectivity index (χ4v) is 1.25. The molecule has 0 atom stereocenters. The first kappa shape index (κ1) is 15.1. The van der Waals surface area contributed by atoms with Gasteiger partial charge in [0.15, 0.2) is 11.5 Å². The van der Waals surface area contributed by atoms with Crippen LogP contribution in [0.25, 0.3) is 0 Å². The van der Waals surface area contributed by atoms with Gasteiger partial charge in [-0.05, 0) is 18.6 Å². The largest absolute Gasteiger partial charge is 0.493 e. The zero-order chi connectivity index (χ0) is 12.4. The lowest BCUT2D eigenvalue weighted by Gasteiger charge is -2.10. The van der Waals surface area contributed by atoms with Crippen LogP contribution in [-0.2, 0) is 0 Å². The number of hydrogen-bond donors (Lipinski definition) is 0. The van der Waals surface area contributed by atoms with E-state index in [4.69, 9.17) is 21.1 Å². The maximum atomic E-state index is 5.82. The summed E-state index contributed by atoms with van der Waals surface area (Å²) in [6.07, 6.45) is 2.17. The van der Waals surface area contributed by atoms with Crippen molar-refractivity contribution in [2.45, 2.75) is 33.6 Å². The molecule has 1 rings (SSSR count). The van der Waals surface area contributed by atoms with Gasteiger partial charge in [-0.15, -0.1) is 0 Å². The topological polar surface area (TPSA) is 18.5 Å². The van der Waals surface area contributed by atoms with E-state index in [-0.39, 0.29) is 0 Å². The van der Waals surface area contributed by atoms with Crippen molar-refractivity contribution in [2.24, 2.45) is 0 Å². The van der Waals surface area contributed by atoms with E-state index in [0.29, 0.717) is 17.4 Å². The van der Waals surface area contributed by atoms with Crippen LogP contribution in [0.5, 0.6) is 11.5 Å². The molecule has 16 heavy (non-hydrogen) atoms. The minimum atomic E-state index is 0.657. The molecule has 0 N–H and O–H groups in total. The predicted molar refractivity (Wildman–Crippen MR) is 69.8 cm³/mol. The number of hydrogen-bond acceptors (Lipinski definition) is 2. The van der Waals surface area contributed by atoms with Gasteiger partial charge in [-0.25, -0.2) is 0 Å².